The lowest BCUT2D eigenvalue weighted by Gasteiger charge is -2.16. The van der Waals surface area contributed by atoms with Crippen molar-refractivity contribution in [3.05, 3.63) is 193 Å². The van der Waals surface area contributed by atoms with E-state index in [9.17, 15) is 0 Å². The molecule has 9 aromatic rings. The zero-order valence-electron chi connectivity index (χ0n) is 26.7. The van der Waals surface area contributed by atoms with Crippen molar-refractivity contribution in [1.82, 2.24) is 9.24 Å². The molecule has 2 heterocycles. The first-order chi connectivity index (χ1) is 24.2. The maximum Gasteiger partial charge on any atom is 0.0710 e. The number of aromatic nitrogens is 2. The third-order valence-corrected chi connectivity index (χ3v) is 9.38. The van der Waals surface area contributed by atoms with Crippen LogP contribution in [0.15, 0.2) is 182 Å². The summed E-state index contributed by atoms with van der Waals surface area (Å²) >= 11 is 0. The number of nitrogens with one attached hydrogen (secondary N) is 2. The number of hydrogen-bond donors (Lipinski definition) is 2. The van der Waals surface area contributed by atoms with E-state index in [0.29, 0.717) is 5.71 Å². The van der Waals surface area contributed by atoms with E-state index in [1.54, 1.807) is 0 Å². The van der Waals surface area contributed by atoms with Gasteiger partial charge in [0.15, 0.2) is 0 Å². The molecule has 0 unspecified atom stereocenters. The third-order valence-electron chi connectivity index (χ3n) is 9.38. The maximum atomic E-state index is 8.92. The Morgan fingerprint density at radius 1 is 0.449 bits per heavy atom. The van der Waals surface area contributed by atoms with Crippen LogP contribution in [0.2, 0.25) is 0 Å². The summed E-state index contributed by atoms with van der Waals surface area (Å²) in [5.41, 5.74) is 14.9. The zero-order chi connectivity index (χ0) is 32.7. The van der Waals surface area contributed by atoms with E-state index in [1.807, 2.05) is 54.6 Å². The van der Waals surface area contributed by atoms with Crippen molar-refractivity contribution in [1.29, 1.82) is 5.41 Å². The molecule has 2 aromatic heterocycles. The van der Waals surface area contributed by atoms with Crippen molar-refractivity contribution in [3.8, 4) is 16.8 Å². The largest absolute Gasteiger partial charge is 0.309 e. The van der Waals surface area contributed by atoms with E-state index in [2.05, 4.69) is 142 Å². The highest BCUT2D eigenvalue weighted by atomic mass is 15.4. The predicted molar refractivity (Wildman–Crippen MR) is 206 cm³/mol. The lowest BCUT2D eigenvalue weighted by atomic mass is 10.0. The number of hydrogen-bond acceptors (Lipinski definition) is 2. The number of para-hydroxylation sites is 3. The second-order valence-electron chi connectivity index (χ2n) is 12.3. The van der Waals surface area contributed by atoms with Gasteiger partial charge >= 0.3 is 0 Å². The van der Waals surface area contributed by atoms with E-state index < -0.39 is 0 Å². The Hall–Kier alpha value is -6.65. The molecule has 0 amide bonds. The van der Waals surface area contributed by atoms with Crippen molar-refractivity contribution in [2.24, 2.45) is 0 Å². The molecule has 0 aliphatic heterocycles. The van der Waals surface area contributed by atoms with E-state index >= 15 is 0 Å². The second kappa shape index (κ2) is 11.9. The van der Waals surface area contributed by atoms with Gasteiger partial charge in [0.05, 0.1) is 33.5 Å². The average molecular weight is 629 g/mol. The van der Waals surface area contributed by atoms with Gasteiger partial charge in [0.2, 0.25) is 0 Å². The predicted octanol–water partition coefficient (Wildman–Crippen LogP) is 11.2. The Kier molecular flexibility index (Phi) is 6.91. The molecular weight excluding hydrogens is 597 g/mol. The highest BCUT2D eigenvalue weighted by Gasteiger charge is 2.16. The quantitative estimate of drug-likeness (QED) is 0.170. The minimum atomic E-state index is 0.444. The van der Waals surface area contributed by atoms with E-state index in [1.165, 1.54) is 38.3 Å². The summed E-state index contributed by atoms with van der Waals surface area (Å²) in [7, 11) is 0. The van der Waals surface area contributed by atoms with E-state index in [-0.39, 0.29) is 0 Å². The van der Waals surface area contributed by atoms with Crippen LogP contribution in [0.25, 0.3) is 66.1 Å². The lowest BCUT2D eigenvalue weighted by Crippen LogP contribution is -2.14. The van der Waals surface area contributed by atoms with Crippen molar-refractivity contribution >= 4 is 55.0 Å². The lowest BCUT2D eigenvalue weighted by molar-refractivity contribution is 1.06. The highest BCUT2D eigenvalue weighted by molar-refractivity contribution is 6.13. The molecule has 0 saturated heterocycles. The summed E-state index contributed by atoms with van der Waals surface area (Å²) in [6, 6.07) is 61.4. The van der Waals surface area contributed by atoms with Gasteiger partial charge in [-0.25, -0.2) is 0 Å². The summed E-state index contributed by atoms with van der Waals surface area (Å²) in [6.07, 6.45) is 1.92. The minimum Gasteiger partial charge on any atom is -0.309 e. The van der Waals surface area contributed by atoms with Crippen LogP contribution >= 0.6 is 0 Å². The van der Waals surface area contributed by atoms with Crippen LogP contribution in [-0.4, -0.2) is 15.0 Å². The molecule has 0 radical (unpaired) electrons. The molecule has 0 saturated carbocycles. The Labute approximate surface area is 284 Å². The van der Waals surface area contributed by atoms with Gasteiger partial charge in [-0.3, -0.25) is 10.1 Å². The molecule has 7 aromatic carbocycles. The van der Waals surface area contributed by atoms with Crippen LogP contribution in [0, 0.1) is 5.41 Å². The molecule has 9 rings (SSSR count). The Balaban J connectivity index is 1.18. The number of benzene rings is 7. The second-order valence-corrected chi connectivity index (χ2v) is 12.3. The first kappa shape index (κ1) is 28.6. The molecule has 0 atom stereocenters. The number of fused-ring (bicyclic) bond motifs is 6. The molecular formula is C45H32N4. The fourth-order valence-electron chi connectivity index (χ4n) is 7.04. The summed E-state index contributed by atoms with van der Waals surface area (Å²) < 4.78 is 4.51. The van der Waals surface area contributed by atoms with E-state index in [0.717, 1.165) is 38.9 Å². The molecule has 232 valence electrons. The first-order valence-electron chi connectivity index (χ1n) is 16.5. The van der Waals surface area contributed by atoms with Gasteiger partial charge in [0.25, 0.3) is 0 Å². The Morgan fingerprint density at radius 2 is 0.918 bits per heavy atom. The van der Waals surface area contributed by atoms with Gasteiger partial charge in [-0.05, 0) is 76.9 Å². The Bertz CT molecular complexity index is 2680. The van der Waals surface area contributed by atoms with Gasteiger partial charge in [-0.2, -0.15) is 0 Å². The van der Waals surface area contributed by atoms with Crippen LogP contribution in [0.4, 0.5) is 0 Å². The summed E-state index contributed by atoms with van der Waals surface area (Å²) in [6.45, 7) is 0. The topological polar surface area (TPSA) is 45.7 Å². The summed E-state index contributed by atoms with van der Waals surface area (Å²) in [5.74, 6) is 0. The van der Waals surface area contributed by atoms with Crippen molar-refractivity contribution < 1.29 is 0 Å². The fraction of sp³-hybridized carbons (Fsp3) is 0. The van der Waals surface area contributed by atoms with Crippen LogP contribution in [0.1, 0.15) is 11.1 Å². The molecule has 2 N–H and O–H groups in total. The SMILES string of the molecule is N=C(/C=C(\Nn1c2ccccc2c2cc(-c3ccc4c(c3)c3ccccc3n4-c3ccccc3)ccc21)c1ccccc1)c1ccccc1. The molecule has 0 aliphatic carbocycles. The maximum absolute atomic E-state index is 8.92. The Morgan fingerprint density at radius 3 is 1.59 bits per heavy atom. The van der Waals surface area contributed by atoms with Gasteiger partial charge < -0.3 is 9.98 Å². The molecule has 0 bridgehead atoms. The number of allylic oxidation sites excluding steroid dienone is 1. The smallest absolute Gasteiger partial charge is 0.0710 e. The molecule has 4 heteroatoms. The standard InChI is InChI=1S/C45H32N4/c46-40(31-14-4-1-5-15-31)30-41(32-16-6-2-7-17-32)47-49-44-23-13-11-21-37(44)39-29-34(25-27-45(39)49)33-24-26-43-38(28-33)36-20-10-12-22-42(36)48(43)35-18-8-3-9-19-35/h1-30,46-47H/b41-30-,46-40?. The van der Waals surface area contributed by atoms with Gasteiger partial charge in [-0.15, -0.1) is 0 Å². The monoisotopic (exact) mass is 628 g/mol. The van der Waals surface area contributed by atoms with Crippen molar-refractivity contribution in [2.75, 3.05) is 5.43 Å². The fourth-order valence-corrected chi connectivity index (χ4v) is 7.04. The van der Waals surface area contributed by atoms with Gasteiger partial charge in [0, 0.05) is 27.2 Å². The minimum absolute atomic E-state index is 0.444. The summed E-state index contributed by atoms with van der Waals surface area (Å²) in [4.78, 5) is 0. The van der Waals surface area contributed by atoms with Crippen LogP contribution in [0.5, 0.6) is 0 Å². The van der Waals surface area contributed by atoms with Crippen LogP contribution in [-0.2, 0) is 0 Å². The van der Waals surface area contributed by atoms with Gasteiger partial charge in [0.1, 0.15) is 0 Å². The van der Waals surface area contributed by atoms with Crippen molar-refractivity contribution in [3.63, 3.8) is 0 Å². The first-order valence-corrected chi connectivity index (χ1v) is 16.5. The third kappa shape index (κ3) is 4.98. The van der Waals surface area contributed by atoms with E-state index in [4.69, 9.17) is 5.41 Å². The number of nitrogens with zero attached hydrogens (tertiary/aromatic N) is 2. The van der Waals surface area contributed by atoms with Crippen LogP contribution < -0.4 is 5.43 Å². The molecule has 4 nitrogen and oxygen atoms in total. The zero-order valence-corrected chi connectivity index (χ0v) is 26.7. The highest BCUT2D eigenvalue weighted by Crippen LogP contribution is 2.37. The molecule has 0 spiro atoms. The molecule has 0 fully saturated rings. The van der Waals surface area contributed by atoms with Crippen LogP contribution in [0.3, 0.4) is 0 Å². The normalized spacial score (nSPS) is 11.9. The van der Waals surface area contributed by atoms with Crippen molar-refractivity contribution in [2.45, 2.75) is 0 Å². The molecule has 0 aliphatic rings. The number of rotatable bonds is 7. The molecule has 49 heavy (non-hydrogen) atoms. The average Bonchev–Trinajstić information content (AvgIpc) is 3.67. The van der Waals surface area contributed by atoms with Gasteiger partial charge in [-0.1, -0.05) is 127 Å². The summed E-state index contributed by atoms with van der Waals surface area (Å²) in [5, 5.41) is 13.7.